The fourth-order valence-electron chi connectivity index (χ4n) is 3.30. The van der Waals surface area contributed by atoms with Crippen LogP contribution in [0.5, 0.6) is 0 Å². The van der Waals surface area contributed by atoms with E-state index in [9.17, 15) is 13.2 Å². The molecular weight excluding hydrogens is 475 g/mol. The van der Waals surface area contributed by atoms with Crippen LogP contribution in [0.25, 0.3) is 0 Å². The number of aryl methyl sites for hydroxylation is 1. The average Bonchev–Trinajstić information content (AvgIpc) is 2.64. The lowest BCUT2D eigenvalue weighted by molar-refractivity contribution is 0.102. The zero-order valence-electron chi connectivity index (χ0n) is 15.4. The van der Waals surface area contributed by atoms with Crippen molar-refractivity contribution >= 4 is 44.2 Å². The number of nitrogens with one attached hydrogen (secondary N) is 1. The number of nitrogens with zero attached hydrogens (tertiary/aromatic N) is 1. The second kappa shape index (κ2) is 8.28. The van der Waals surface area contributed by atoms with Crippen molar-refractivity contribution in [3.05, 3.63) is 57.2 Å². The molecule has 1 fully saturated rings. The predicted molar refractivity (Wildman–Crippen MR) is 115 cm³/mol. The van der Waals surface area contributed by atoms with Gasteiger partial charge in [-0.1, -0.05) is 6.42 Å². The molecule has 2 aromatic rings. The largest absolute Gasteiger partial charge is 0.322 e. The van der Waals surface area contributed by atoms with Crippen molar-refractivity contribution < 1.29 is 13.2 Å². The standard InChI is InChI=1S/C20H23IN2O3S/c1-14-13-17(21)8-11-19(14)22-20(24)16-6-9-18(10-7-16)27(25,26)23-12-4-3-5-15(23)2/h6-11,13,15H,3-5,12H2,1-2H3,(H,22,24). The van der Waals surface area contributed by atoms with Crippen molar-refractivity contribution in [1.29, 1.82) is 0 Å². The normalized spacial score (nSPS) is 18.3. The second-order valence-electron chi connectivity index (χ2n) is 6.90. The van der Waals surface area contributed by atoms with E-state index in [2.05, 4.69) is 27.9 Å². The van der Waals surface area contributed by atoms with Crippen molar-refractivity contribution in [2.24, 2.45) is 0 Å². The van der Waals surface area contributed by atoms with E-state index < -0.39 is 10.0 Å². The van der Waals surface area contributed by atoms with E-state index in [1.54, 1.807) is 16.4 Å². The summed E-state index contributed by atoms with van der Waals surface area (Å²) in [6.07, 6.45) is 2.83. The van der Waals surface area contributed by atoms with Crippen LogP contribution in [0.15, 0.2) is 47.4 Å². The predicted octanol–water partition coefficient (Wildman–Crippen LogP) is 4.42. The number of hydrogen-bond donors (Lipinski definition) is 1. The van der Waals surface area contributed by atoms with Crippen LogP contribution in [0, 0.1) is 10.5 Å². The van der Waals surface area contributed by atoms with Gasteiger partial charge >= 0.3 is 0 Å². The van der Waals surface area contributed by atoms with Crippen molar-refractivity contribution in [3.8, 4) is 0 Å². The highest BCUT2D eigenvalue weighted by molar-refractivity contribution is 14.1. The molecule has 1 heterocycles. The molecule has 0 spiro atoms. The lowest BCUT2D eigenvalue weighted by Crippen LogP contribution is -2.41. The van der Waals surface area contributed by atoms with Gasteiger partial charge in [-0.15, -0.1) is 0 Å². The first kappa shape index (κ1) is 20.3. The number of carbonyl (C=O) groups excluding carboxylic acids is 1. The maximum Gasteiger partial charge on any atom is 0.255 e. The quantitative estimate of drug-likeness (QED) is 0.636. The fourth-order valence-corrected chi connectivity index (χ4v) is 5.65. The summed E-state index contributed by atoms with van der Waals surface area (Å²) in [5, 5.41) is 2.88. The molecule has 1 unspecified atom stereocenters. The number of amides is 1. The molecular formula is C20H23IN2O3S. The highest BCUT2D eigenvalue weighted by Crippen LogP contribution is 2.25. The van der Waals surface area contributed by atoms with Gasteiger partial charge in [-0.2, -0.15) is 4.31 Å². The van der Waals surface area contributed by atoms with Gasteiger partial charge in [0, 0.05) is 27.4 Å². The molecule has 0 aliphatic carbocycles. The highest BCUT2D eigenvalue weighted by atomic mass is 127. The van der Waals surface area contributed by atoms with Crippen molar-refractivity contribution in [2.45, 2.75) is 44.0 Å². The Hall–Kier alpha value is -1.45. The van der Waals surface area contributed by atoms with Gasteiger partial charge < -0.3 is 5.32 Å². The number of hydrogen-bond acceptors (Lipinski definition) is 3. The van der Waals surface area contributed by atoms with Gasteiger partial charge in [0.15, 0.2) is 0 Å². The van der Waals surface area contributed by atoms with E-state index in [-0.39, 0.29) is 16.8 Å². The van der Waals surface area contributed by atoms with E-state index >= 15 is 0 Å². The third-order valence-electron chi connectivity index (χ3n) is 4.90. The average molecular weight is 498 g/mol. The Morgan fingerprint density at radius 3 is 2.48 bits per heavy atom. The summed E-state index contributed by atoms with van der Waals surface area (Å²) in [4.78, 5) is 12.7. The number of anilines is 1. The molecule has 1 atom stereocenters. The lowest BCUT2D eigenvalue weighted by Gasteiger charge is -2.32. The number of carbonyl (C=O) groups is 1. The summed E-state index contributed by atoms with van der Waals surface area (Å²) >= 11 is 2.22. The van der Waals surface area contributed by atoms with E-state index in [1.807, 2.05) is 32.0 Å². The van der Waals surface area contributed by atoms with Crippen LogP contribution < -0.4 is 5.32 Å². The molecule has 0 bridgehead atoms. The van der Waals surface area contributed by atoms with Crippen LogP contribution >= 0.6 is 22.6 Å². The topological polar surface area (TPSA) is 66.5 Å². The Morgan fingerprint density at radius 1 is 1.15 bits per heavy atom. The first-order valence-electron chi connectivity index (χ1n) is 8.98. The van der Waals surface area contributed by atoms with Gasteiger partial charge in [-0.05, 0) is 97.3 Å². The Labute approximate surface area is 174 Å². The molecule has 7 heteroatoms. The zero-order chi connectivity index (χ0) is 19.6. The fraction of sp³-hybridized carbons (Fsp3) is 0.350. The molecule has 0 radical (unpaired) electrons. The van der Waals surface area contributed by atoms with Gasteiger partial charge in [0.1, 0.15) is 0 Å². The summed E-state index contributed by atoms with van der Waals surface area (Å²) < 4.78 is 28.4. The van der Waals surface area contributed by atoms with Crippen LogP contribution in [0.3, 0.4) is 0 Å². The minimum absolute atomic E-state index is 0.00979. The Morgan fingerprint density at radius 2 is 1.85 bits per heavy atom. The van der Waals surface area contributed by atoms with Gasteiger partial charge in [-0.3, -0.25) is 4.79 Å². The summed E-state index contributed by atoms with van der Waals surface area (Å²) in [6, 6.07) is 12.0. The molecule has 1 saturated heterocycles. The van der Waals surface area contributed by atoms with Crippen molar-refractivity contribution in [3.63, 3.8) is 0 Å². The first-order valence-corrected chi connectivity index (χ1v) is 11.5. The molecule has 2 aromatic carbocycles. The molecule has 27 heavy (non-hydrogen) atoms. The molecule has 1 aliphatic heterocycles. The van der Waals surface area contributed by atoms with E-state index in [1.165, 1.54) is 12.1 Å². The number of halogens is 1. The van der Waals surface area contributed by atoms with Crippen LogP contribution in [0.1, 0.15) is 42.1 Å². The number of sulfonamides is 1. The third kappa shape index (κ3) is 4.52. The summed E-state index contributed by atoms with van der Waals surface area (Å²) in [7, 11) is -3.52. The molecule has 0 aromatic heterocycles. The molecule has 1 amide bonds. The van der Waals surface area contributed by atoms with Crippen molar-refractivity contribution in [1.82, 2.24) is 4.31 Å². The van der Waals surface area contributed by atoms with Gasteiger partial charge in [-0.25, -0.2) is 8.42 Å². The molecule has 144 valence electrons. The van der Waals surface area contributed by atoms with Crippen LogP contribution in [0.4, 0.5) is 5.69 Å². The zero-order valence-corrected chi connectivity index (χ0v) is 18.4. The molecule has 1 aliphatic rings. The molecule has 0 saturated carbocycles. The molecule has 5 nitrogen and oxygen atoms in total. The van der Waals surface area contributed by atoms with E-state index in [4.69, 9.17) is 0 Å². The SMILES string of the molecule is Cc1cc(I)ccc1NC(=O)c1ccc(S(=O)(=O)N2CCCCC2C)cc1. The highest BCUT2D eigenvalue weighted by Gasteiger charge is 2.30. The number of piperidine rings is 1. The molecule has 3 rings (SSSR count). The van der Waals surface area contributed by atoms with Gasteiger partial charge in [0.2, 0.25) is 10.0 Å². The van der Waals surface area contributed by atoms with Crippen LogP contribution in [-0.2, 0) is 10.0 Å². The molecule has 1 N–H and O–H groups in total. The van der Waals surface area contributed by atoms with Gasteiger partial charge in [0.25, 0.3) is 5.91 Å². The summed E-state index contributed by atoms with van der Waals surface area (Å²) in [5.41, 5.74) is 2.16. The number of benzene rings is 2. The van der Waals surface area contributed by atoms with Gasteiger partial charge in [0.05, 0.1) is 4.90 Å². The Kier molecular flexibility index (Phi) is 6.22. The Balaban J connectivity index is 1.77. The minimum atomic E-state index is -3.52. The first-order chi connectivity index (χ1) is 12.8. The van der Waals surface area contributed by atoms with E-state index in [0.29, 0.717) is 12.1 Å². The lowest BCUT2D eigenvalue weighted by atomic mass is 10.1. The van der Waals surface area contributed by atoms with Crippen LogP contribution in [-0.4, -0.2) is 31.2 Å². The maximum atomic E-state index is 12.9. The van der Waals surface area contributed by atoms with Crippen molar-refractivity contribution in [2.75, 3.05) is 11.9 Å². The smallest absolute Gasteiger partial charge is 0.255 e. The minimum Gasteiger partial charge on any atom is -0.322 e. The maximum absolute atomic E-state index is 12.9. The number of rotatable bonds is 4. The summed E-state index contributed by atoms with van der Waals surface area (Å²) in [5.74, 6) is -0.255. The summed E-state index contributed by atoms with van der Waals surface area (Å²) in [6.45, 7) is 4.44. The van der Waals surface area contributed by atoms with Crippen LogP contribution in [0.2, 0.25) is 0 Å². The monoisotopic (exact) mass is 498 g/mol. The second-order valence-corrected chi connectivity index (χ2v) is 10.0. The third-order valence-corrected chi connectivity index (χ3v) is 7.60. The Bertz CT molecular complexity index is 942. The van der Waals surface area contributed by atoms with E-state index in [0.717, 1.165) is 34.1 Å².